The molecule has 0 bridgehead atoms. The summed E-state index contributed by atoms with van der Waals surface area (Å²) < 4.78 is 3.59. The molecule has 1 aromatic carbocycles. The number of hydrogen-bond acceptors (Lipinski definition) is 7. The maximum Gasteiger partial charge on any atom is 0.273 e. The molecule has 36 heavy (non-hydrogen) atoms. The van der Waals surface area contributed by atoms with Gasteiger partial charge in [-0.3, -0.25) is 24.5 Å². The molecule has 184 valence electrons. The van der Waals surface area contributed by atoms with Gasteiger partial charge in [-0.2, -0.15) is 0 Å². The first-order valence-electron chi connectivity index (χ1n) is 11.9. The fraction of sp³-hybridized carbons (Fsp3) is 0.375. The Balaban J connectivity index is 1.11. The lowest BCUT2D eigenvalue weighted by Gasteiger charge is -2.29. The molecule has 12 nitrogen and oxygen atoms in total. The number of carbonyl (C=O) groups excluding carboxylic acids is 4. The summed E-state index contributed by atoms with van der Waals surface area (Å²) in [6.07, 6.45) is 7.60. The molecule has 4 amide bonds. The van der Waals surface area contributed by atoms with Gasteiger partial charge in [-0.15, -0.1) is 5.10 Å². The second-order valence-corrected chi connectivity index (χ2v) is 9.40. The maximum absolute atomic E-state index is 13.1. The van der Waals surface area contributed by atoms with Crippen molar-refractivity contribution in [2.75, 3.05) is 6.54 Å². The number of fused-ring (bicyclic) bond motifs is 2. The molecule has 6 rings (SSSR count). The fourth-order valence-corrected chi connectivity index (χ4v) is 5.10. The minimum Gasteiger partial charge on any atom is -0.350 e. The Bertz CT molecular complexity index is 1390. The number of carbonyl (C=O) groups is 4. The molecule has 2 atom stereocenters. The monoisotopic (exact) mass is 488 g/mol. The number of imide groups is 1. The van der Waals surface area contributed by atoms with E-state index in [2.05, 4.69) is 30.5 Å². The average molecular weight is 489 g/mol. The lowest BCUT2D eigenvalue weighted by molar-refractivity contribution is -0.136. The summed E-state index contributed by atoms with van der Waals surface area (Å²) in [5.74, 6) is 0.00399. The lowest BCUT2D eigenvalue weighted by Crippen LogP contribution is -2.52. The molecule has 3 aromatic rings. The highest BCUT2D eigenvalue weighted by atomic mass is 16.2. The van der Waals surface area contributed by atoms with Crippen molar-refractivity contribution < 1.29 is 19.2 Å². The van der Waals surface area contributed by atoms with Gasteiger partial charge in [0.1, 0.15) is 11.9 Å². The van der Waals surface area contributed by atoms with Gasteiger partial charge >= 0.3 is 0 Å². The summed E-state index contributed by atoms with van der Waals surface area (Å²) in [4.78, 5) is 55.3. The largest absolute Gasteiger partial charge is 0.350 e. The molecule has 0 radical (unpaired) electrons. The van der Waals surface area contributed by atoms with Crippen molar-refractivity contribution in [2.24, 2.45) is 5.92 Å². The number of piperidine rings is 1. The van der Waals surface area contributed by atoms with Crippen LogP contribution < -0.4 is 10.6 Å². The van der Waals surface area contributed by atoms with Gasteiger partial charge in [0, 0.05) is 50.4 Å². The van der Waals surface area contributed by atoms with Crippen molar-refractivity contribution in [3.8, 4) is 5.69 Å². The quantitative estimate of drug-likeness (QED) is 0.489. The fourth-order valence-electron chi connectivity index (χ4n) is 5.10. The highest BCUT2D eigenvalue weighted by Crippen LogP contribution is 2.29. The van der Waals surface area contributed by atoms with Gasteiger partial charge in [-0.25, -0.2) is 9.67 Å². The molecular weight excluding hydrogens is 464 g/mol. The van der Waals surface area contributed by atoms with E-state index in [-0.39, 0.29) is 29.8 Å². The number of nitrogens with one attached hydrogen (secondary N) is 2. The summed E-state index contributed by atoms with van der Waals surface area (Å²) in [7, 11) is 0. The molecule has 3 aliphatic rings. The van der Waals surface area contributed by atoms with E-state index in [1.165, 1.54) is 15.8 Å². The number of aryl methyl sites for hydroxylation is 1. The number of amides is 4. The minimum atomic E-state index is -0.669. The molecule has 0 spiro atoms. The van der Waals surface area contributed by atoms with E-state index in [1.54, 1.807) is 18.3 Å². The molecule has 12 heteroatoms. The van der Waals surface area contributed by atoms with E-state index in [9.17, 15) is 19.2 Å². The average Bonchev–Trinajstić information content (AvgIpc) is 3.61. The number of rotatable bonds is 5. The first-order valence-corrected chi connectivity index (χ1v) is 11.9. The van der Waals surface area contributed by atoms with Gasteiger partial charge < -0.3 is 14.8 Å². The van der Waals surface area contributed by atoms with Crippen LogP contribution in [-0.4, -0.2) is 65.7 Å². The number of nitrogens with zero attached hydrogens (tertiary/aromatic N) is 6. The van der Waals surface area contributed by atoms with Gasteiger partial charge in [0.15, 0.2) is 5.69 Å². The molecule has 2 aromatic heterocycles. The topological polar surface area (TPSA) is 144 Å². The Morgan fingerprint density at radius 1 is 1.19 bits per heavy atom. The Kier molecular flexibility index (Phi) is 5.35. The molecule has 2 unspecified atom stereocenters. The van der Waals surface area contributed by atoms with Crippen LogP contribution in [0.25, 0.3) is 5.69 Å². The first kappa shape index (κ1) is 22.1. The third-order valence-electron chi connectivity index (χ3n) is 7.10. The summed E-state index contributed by atoms with van der Waals surface area (Å²) >= 11 is 0. The number of imidazole rings is 1. The Hall–Kier alpha value is -4.35. The van der Waals surface area contributed by atoms with E-state index >= 15 is 0 Å². The van der Waals surface area contributed by atoms with Crippen LogP contribution in [0, 0.1) is 5.92 Å². The predicted octanol–water partition coefficient (Wildman–Crippen LogP) is 0.217. The van der Waals surface area contributed by atoms with Gasteiger partial charge in [0.05, 0.1) is 11.9 Å². The number of benzene rings is 1. The zero-order chi connectivity index (χ0) is 24.8. The third-order valence-corrected chi connectivity index (χ3v) is 7.10. The van der Waals surface area contributed by atoms with Gasteiger partial charge in [0.25, 0.3) is 11.8 Å². The van der Waals surface area contributed by atoms with Crippen molar-refractivity contribution in [2.45, 2.75) is 44.8 Å². The van der Waals surface area contributed by atoms with Crippen LogP contribution in [-0.2, 0) is 29.1 Å². The second-order valence-electron chi connectivity index (χ2n) is 9.40. The predicted molar refractivity (Wildman–Crippen MR) is 124 cm³/mol. The summed E-state index contributed by atoms with van der Waals surface area (Å²) in [5.41, 5.74) is 2.02. The summed E-state index contributed by atoms with van der Waals surface area (Å²) in [6.45, 7) is 1.72. The maximum atomic E-state index is 13.1. The highest BCUT2D eigenvalue weighted by molar-refractivity contribution is 6.05. The lowest BCUT2D eigenvalue weighted by atomic mass is 9.98. The van der Waals surface area contributed by atoms with Crippen LogP contribution in [0.15, 0.2) is 36.8 Å². The normalized spacial score (nSPS) is 21.2. The Morgan fingerprint density at radius 2 is 2.08 bits per heavy atom. The molecular formula is C24H24N8O4. The van der Waals surface area contributed by atoms with E-state index in [0.717, 1.165) is 30.8 Å². The zero-order valence-corrected chi connectivity index (χ0v) is 19.4. The van der Waals surface area contributed by atoms with Crippen molar-refractivity contribution in [1.29, 1.82) is 0 Å². The SMILES string of the molecule is O=C1CCC(N2Cc3ccc(-n4cc(C(=O)NCC5CCn6ccnc6C5)nn4)cc3C2=O)C(=O)N1. The first-order chi connectivity index (χ1) is 17.5. The Labute approximate surface area is 205 Å². The molecule has 5 heterocycles. The molecule has 1 saturated heterocycles. The van der Waals surface area contributed by atoms with Crippen LogP contribution in [0.1, 0.15) is 51.5 Å². The molecule has 2 N–H and O–H groups in total. The summed E-state index contributed by atoms with van der Waals surface area (Å²) in [6, 6.07) is 4.62. The summed E-state index contributed by atoms with van der Waals surface area (Å²) in [5, 5.41) is 13.3. The van der Waals surface area contributed by atoms with Crippen LogP contribution in [0.4, 0.5) is 0 Å². The molecule has 0 aliphatic carbocycles. The Morgan fingerprint density at radius 3 is 2.94 bits per heavy atom. The van der Waals surface area contributed by atoms with Crippen molar-refractivity contribution in [3.05, 3.63) is 59.4 Å². The molecule has 0 saturated carbocycles. The zero-order valence-electron chi connectivity index (χ0n) is 19.4. The minimum absolute atomic E-state index is 0.185. The third kappa shape index (κ3) is 3.93. The van der Waals surface area contributed by atoms with E-state index in [1.807, 2.05) is 12.3 Å². The standard InChI is InChI=1S/C24H24N8O4/c33-21-4-3-19(23(35)27-21)31-12-15-1-2-16(10-17(15)24(31)36)32-13-18(28-29-32)22(34)26-11-14-5-7-30-8-6-25-20(30)9-14/h1-2,6,8,10,13-14,19H,3-5,7,9,11-12H2,(H,26,34)(H,27,33,35). The second kappa shape index (κ2) is 8.70. The van der Waals surface area contributed by atoms with E-state index in [0.29, 0.717) is 36.7 Å². The van der Waals surface area contributed by atoms with Crippen LogP contribution >= 0.6 is 0 Å². The highest BCUT2D eigenvalue weighted by Gasteiger charge is 2.39. The number of hydrogen-bond donors (Lipinski definition) is 2. The van der Waals surface area contributed by atoms with Crippen molar-refractivity contribution >= 4 is 23.6 Å². The van der Waals surface area contributed by atoms with E-state index in [4.69, 9.17) is 0 Å². The smallest absolute Gasteiger partial charge is 0.273 e. The van der Waals surface area contributed by atoms with Crippen LogP contribution in [0.2, 0.25) is 0 Å². The van der Waals surface area contributed by atoms with Gasteiger partial charge in [-0.1, -0.05) is 11.3 Å². The molecule has 1 fully saturated rings. The van der Waals surface area contributed by atoms with Gasteiger partial charge in [0.2, 0.25) is 11.8 Å². The number of aromatic nitrogens is 5. The van der Waals surface area contributed by atoms with E-state index < -0.39 is 11.9 Å². The van der Waals surface area contributed by atoms with Crippen LogP contribution in [0.3, 0.4) is 0 Å². The van der Waals surface area contributed by atoms with Crippen molar-refractivity contribution in [3.63, 3.8) is 0 Å². The van der Waals surface area contributed by atoms with Gasteiger partial charge in [-0.05, 0) is 36.5 Å². The van der Waals surface area contributed by atoms with Crippen LogP contribution in [0.5, 0.6) is 0 Å². The van der Waals surface area contributed by atoms with Crippen molar-refractivity contribution in [1.82, 2.24) is 40.1 Å². The molecule has 3 aliphatic heterocycles.